The maximum atomic E-state index is 10.5. The van der Waals surface area contributed by atoms with Gasteiger partial charge in [0.1, 0.15) is 0 Å². The van der Waals surface area contributed by atoms with E-state index in [1.54, 1.807) is 6.08 Å². The highest BCUT2D eigenvalue weighted by atomic mass is 16.1. The predicted octanol–water partition coefficient (Wildman–Crippen LogP) is 2.88. The van der Waals surface area contributed by atoms with Crippen molar-refractivity contribution >= 4 is 6.08 Å². The fourth-order valence-corrected chi connectivity index (χ4v) is 2.43. The van der Waals surface area contributed by atoms with Gasteiger partial charge in [0.2, 0.25) is 6.08 Å². The summed E-state index contributed by atoms with van der Waals surface area (Å²) < 4.78 is 0. The van der Waals surface area contributed by atoms with Crippen molar-refractivity contribution in [2.45, 2.75) is 38.6 Å². The van der Waals surface area contributed by atoms with Gasteiger partial charge in [-0.25, -0.2) is 4.79 Å². The quantitative estimate of drug-likeness (QED) is 0.507. The molecule has 0 saturated heterocycles. The van der Waals surface area contributed by atoms with Gasteiger partial charge in [0, 0.05) is 0 Å². The molecule has 1 aliphatic rings. The molecule has 1 aliphatic carbocycles. The second kappa shape index (κ2) is 3.63. The van der Waals surface area contributed by atoms with Crippen LogP contribution in [0.4, 0.5) is 0 Å². The summed E-state index contributed by atoms with van der Waals surface area (Å²) in [6.07, 6.45) is 4.84. The summed E-state index contributed by atoms with van der Waals surface area (Å²) in [6, 6.07) is 6.39. The summed E-state index contributed by atoms with van der Waals surface area (Å²) in [5.41, 5.74) is 3.46. The summed E-state index contributed by atoms with van der Waals surface area (Å²) in [6.45, 7) is 4.11. The van der Waals surface area contributed by atoms with Gasteiger partial charge < -0.3 is 0 Å². The molecule has 0 heterocycles. The van der Waals surface area contributed by atoms with Gasteiger partial charge in [-0.2, -0.15) is 4.99 Å². The van der Waals surface area contributed by atoms with Crippen LogP contribution in [0.3, 0.4) is 0 Å². The van der Waals surface area contributed by atoms with Gasteiger partial charge >= 0.3 is 0 Å². The third-order valence-corrected chi connectivity index (χ3v) is 3.24. The lowest BCUT2D eigenvalue weighted by Crippen LogP contribution is -2.25. The van der Waals surface area contributed by atoms with E-state index in [9.17, 15) is 4.79 Å². The van der Waals surface area contributed by atoms with Crippen molar-refractivity contribution in [2.24, 2.45) is 4.99 Å². The molecule has 0 aromatic heterocycles. The molecule has 0 radical (unpaired) electrons. The lowest BCUT2D eigenvalue weighted by Gasteiger charge is -2.31. The van der Waals surface area contributed by atoms with Crippen LogP contribution in [-0.2, 0) is 16.8 Å². The molecule has 0 N–H and O–H groups in total. The van der Waals surface area contributed by atoms with Crippen molar-refractivity contribution in [3.63, 3.8) is 0 Å². The Hall–Kier alpha value is -1.40. The van der Waals surface area contributed by atoms with Crippen molar-refractivity contribution in [3.8, 4) is 0 Å². The highest BCUT2D eigenvalue weighted by Crippen LogP contribution is 2.38. The van der Waals surface area contributed by atoms with E-state index in [-0.39, 0.29) is 5.54 Å². The normalized spacial score (nSPS) is 24.1. The zero-order valence-corrected chi connectivity index (χ0v) is 9.21. The van der Waals surface area contributed by atoms with E-state index < -0.39 is 0 Å². The first kappa shape index (κ1) is 10.1. The van der Waals surface area contributed by atoms with Crippen LogP contribution in [0.1, 0.15) is 36.5 Å². The Balaban J connectivity index is 2.56. The number of aliphatic imine (C=N–C) groups is 1. The van der Waals surface area contributed by atoms with Crippen molar-refractivity contribution in [1.29, 1.82) is 0 Å². The Morgan fingerprint density at radius 3 is 3.00 bits per heavy atom. The molecule has 78 valence electrons. The zero-order valence-electron chi connectivity index (χ0n) is 9.21. The van der Waals surface area contributed by atoms with Gasteiger partial charge in [-0.15, -0.1) is 0 Å². The number of rotatable bonds is 1. The van der Waals surface area contributed by atoms with E-state index in [0.29, 0.717) is 0 Å². The third-order valence-electron chi connectivity index (χ3n) is 3.24. The molecule has 0 fully saturated rings. The van der Waals surface area contributed by atoms with Gasteiger partial charge in [0.15, 0.2) is 0 Å². The van der Waals surface area contributed by atoms with Gasteiger partial charge in [-0.3, -0.25) is 0 Å². The Kier molecular flexibility index (Phi) is 2.45. The lowest BCUT2D eigenvalue weighted by molar-refractivity contribution is 0.408. The number of nitrogens with zero attached hydrogens (tertiary/aromatic N) is 1. The number of hydrogen-bond acceptors (Lipinski definition) is 2. The van der Waals surface area contributed by atoms with E-state index in [0.717, 1.165) is 19.3 Å². The van der Waals surface area contributed by atoms with Gasteiger partial charge in [0.25, 0.3) is 0 Å². The minimum Gasteiger partial charge on any atom is -0.211 e. The first-order valence-corrected chi connectivity index (χ1v) is 5.35. The Morgan fingerprint density at radius 1 is 1.47 bits per heavy atom. The number of benzene rings is 1. The largest absolute Gasteiger partial charge is 0.235 e. The second-order valence-corrected chi connectivity index (χ2v) is 4.49. The van der Waals surface area contributed by atoms with Crippen molar-refractivity contribution in [2.75, 3.05) is 0 Å². The molecule has 1 unspecified atom stereocenters. The van der Waals surface area contributed by atoms with Crippen LogP contribution >= 0.6 is 0 Å². The Bertz CT molecular complexity index is 432. The van der Waals surface area contributed by atoms with Crippen LogP contribution in [0, 0.1) is 6.92 Å². The first-order chi connectivity index (χ1) is 7.15. The van der Waals surface area contributed by atoms with Crippen molar-refractivity contribution in [3.05, 3.63) is 34.9 Å². The maximum absolute atomic E-state index is 10.5. The smallest absolute Gasteiger partial charge is 0.211 e. The molecule has 1 atom stereocenters. The average Bonchev–Trinajstić information content (AvgIpc) is 2.17. The summed E-state index contributed by atoms with van der Waals surface area (Å²) in [7, 11) is 0. The van der Waals surface area contributed by atoms with Crippen LogP contribution in [0.5, 0.6) is 0 Å². The molecule has 2 rings (SSSR count). The SMILES string of the molecule is Cc1ccc2c(c1)CCCC2(C)N=C=O. The van der Waals surface area contributed by atoms with Crippen LogP contribution in [-0.4, -0.2) is 6.08 Å². The van der Waals surface area contributed by atoms with Crippen LogP contribution in [0.25, 0.3) is 0 Å². The van der Waals surface area contributed by atoms with E-state index >= 15 is 0 Å². The minimum atomic E-state index is -0.344. The topological polar surface area (TPSA) is 29.4 Å². The van der Waals surface area contributed by atoms with E-state index in [1.165, 1.54) is 16.7 Å². The number of hydrogen-bond donors (Lipinski definition) is 0. The highest BCUT2D eigenvalue weighted by molar-refractivity contribution is 5.43. The molecule has 0 saturated carbocycles. The standard InChI is InChI=1S/C13H15NO/c1-10-5-6-12-11(8-10)4-3-7-13(12,2)14-9-15/h5-6,8H,3-4,7H2,1-2H3. The van der Waals surface area contributed by atoms with E-state index in [2.05, 4.69) is 30.1 Å². The highest BCUT2D eigenvalue weighted by Gasteiger charge is 2.31. The van der Waals surface area contributed by atoms with Crippen LogP contribution in [0.15, 0.2) is 23.2 Å². The van der Waals surface area contributed by atoms with Crippen LogP contribution in [0.2, 0.25) is 0 Å². The summed E-state index contributed by atoms with van der Waals surface area (Å²) >= 11 is 0. The molecule has 15 heavy (non-hydrogen) atoms. The van der Waals surface area contributed by atoms with Gasteiger partial charge in [0.05, 0.1) is 5.54 Å². The lowest BCUT2D eigenvalue weighted by atomic mass is 9.78. The zero-order chi connectivity index (χ0) is 10.9. The fourth-order valence-electron chi connectivity index (χ4n) is 2.43. The molecule has 0 amide bonds. The molecule has 0 bridgehead atoms. The summed E-state index contributed by atoms with van der Waals surface area (Å²) in [5, 5.41) is 0. The molecule has 2 nitrogen and oxygen atoms in total. The monoisotopic (exact) mass is 201 g/mol. The minimum absolute atomic E-state index is 0.344. The molecule has 0 aliphatic heterocycles. The van der Waals surface area contributed by atoms with Gasteiger partial charge in [-0.05, 0) is 44.2 Å². The molecule has 0 spiro atoms. The second-order valence-electron chi connectivity index (χ2n) is 4.49. The number of aryl methyl sites for hydroxylation is 2. The number of fused-ring (bicyclic) bond motifs is 1. The van der Waals surface area contributed by atoms with Crippen molar-refractivity contribution < 1.29 is 4.79 Å². The first-order valence-electron chi connectivity index (χ1n) is 5.35. The molecular weight excluding hydrogens is 186 g/mol. The van der Waals surface area contributed by atoms with Crippen molar-refractivity contribution in [1.82, 2.24) is 0 Å². The van der Waals surface area contributed by atoms with E-state index in [4.69, 9.17) is 0 Å². The third kappa shape index (κ3) is 1.73. The molecule has 2 heteroatoms. The number of carbonyl (C=O) groups excluding carboxylic acids is 1. The predicted molar refractivity (Wildman–Crippen MR) is 59.6 cm³/mol. The van der Waals surface area contributed by atoms with E-state index in [1.807, 2.05) is 6.92 Å². The van der Waals surface area contributed by atoms with Crippen LogP contribution < -0.4 is 0 Å². The Morgan fingerprint density at radius 2 is 2.27 bits per heavy atom. The fraction of sp³-hybridized carbons (Fsp3) is 0.462. The summed E-state index contributed by atoms with van der Waals surface area (Å²) in [4.78, 5) is 14.4. The molecular formula is C13H15NO. The van der Waals surface area contributed by atoms with Gasteiger partial charge in [-0.1, -0.05) is 23.8 Å². The average molecular weight is 201 g/mol. The summed E-state index contributed by atoms with van der Waals surface area (Å²) in [5.74, 6) is 0. The Labute approximate surface area is 90.0 Å². The maximum Gasteiger partial charge on any atom is 0.235 e. The number of isocyanates is 1. The molecule has 1 aromatic carbocycles. The molecule has 1 aromatic rings.